The van der Waals surface area contributed by atoms with E-state index < -0.39 is 5.97 Å². The van der Waals surface area contributed by atoms with E-state index in [0.29, 0.717) is 6.61 Å². The fraction of sp³-hybridized carbons (Fsp3) is 0.875. The molecule has 0 bridgehead atoms. The van der Waals surface area contributed by atoms with Gasteiger partial charge in [-0.2, -0.15) is 0 Å². The summed E-state index contributed by atoms with van der Waals surface area (Å²) in [4.78, 5) is 10.6. The molecule has 3 nitrogen and oxygen atoms in total. The second kappa shape index (κ2) is 2.21. The van der Waals surface area contributed by atoms with Crippen molar-refractivity contribution < 1.29 is 14.6 Å². The number of carboxylic acids is 1. The highest BCUT2D eigenvalue weighted by Gasteiger charge is 2.58. The molecule has 0 aromatic rings. The zero-order valence-electron chi connectivity index (χ0n) is 6.38. The molecule has 2 fully saturated rings. The monoisotopic (exact) mass is 156 g/mol. The molecule has 2 unspecified atom stereocenters. The molecule has 1 aliphatic carbocycles. The minimum Gasteiger partial charge on any atom is -0.481 e. The summed E-state index contributed by atoms with van der Waals surface area (Å²) in [6.07, 6.45) is 2.91. The molecule has 62 valence electrons. The van der Waals surface area contributed by atoms with Gasteiger partial charge in [-0.1, -0.05) is 0 Å². The van der Waals surface area contributed by atoms with Gasteiger partial charge in [0.1, 0.15) is 0 Å². The topological polar surface area (TPSA) is 46.5 Å². The number of carbonyl (C=O) groups is 1. The molecule has 2 aliphatic rings. The number of hydrogen-bond donors (Lipinski definition) is 1. The number of rotatable bonds is 1. The third-order valence-corrected chi connectivity index (χ3v) is 2.84. The van der Waals surface area contributed by atoms with Crippen molar-refractivity contribution in [1.82, 2.24) is 0 Å². The molecule has 1 N–H and O–H groups in total. The van der Waals surface area contributed by atoms with Gasteiger partial charge in [-0.25, -0.2) is 0 Å². The Kier molecular flexibility index (Phi) is 1.42. The van der Waals surface area contributed by atoms with Crippen molar-refractivity contribution in [3.05, 3.63) is 0 Å². The average molecular weight is 156 g/mol. The fourth-order valence-corrected chi connectivity index (χ4v) is 2.01. The van der Waals surface area contributed by atoms with E-state index in [9.17, 15) is 4.79 Å². The molecule has 0 aromatic heterocycles. The molecule has 1 heterocycles. The summed E-state index contributed by atoms with van der Waals surface area (Å²) in [7, 11) is 0. The molecule has 11 heavy (non-hydrogen) atoms. The van der Waals surface area contributed by atoms with Crippen LogP contribution in [0.3, 0.4) is 0 Å². The van der Waals surface area contributed by atoms with Gasteiger partial charge in [0.2, 0.25) is 0 Å². The first-order valence-electron chi connectivity index (χ1n) is 4.05. The highest BCUT2D eigenvalue weighted by atomic mass is 16.5. The molecule has 1 aliphatic heterocycles. The maximum absolute atomic E-state index is 10.6. The fourth-order valence-electron chi connectivity index (χ4n) is 2.01. The van der Waals surface area contributed by atoms with E-state index in [1.165, 1.54) is 0 Å². The molecule has 2 atom stereocenters. The number of hydrogen-bond acceptors (Lipinski definition) is 2. The van der Waals surface area contributed by atoms with E-state index in [2.05, 4.69) is 0 Å². The lowest BCUT2D eigenvalue weighted by atomic mass is 9.96. The van der Waals surface area contributed by atoms with Crippen molar-refractivity contribution in [3.63, 3.8) is 0 Å². The molecule has 1 spiro atoms. The van der Waals surface area contributed by atoms with Crippen LogP contribution in [0.25, 0.3) is 0 Å². The smallest absolute Gasteiger partial charge is 0.307 e. The van der Waals surface area contributed by atoms with Crippen LogP contribution in [0.5, 0.6) is 0 Å². The zero-order chi connectivity index (χ0) is 7.90. The van der Waals surface area contributed by atoms with E-state index >= 15 is 0 Å². The van der Waals surface area contributed by atoms with Crippen LogP contribution in [0.1, 0.15) is 19.3 Å². The van der Waals surface area contributed by atoms with E-state index in [0.717, 1.165) is 25.9 Å². The second-order valence-corrected chi connectivity index (χ2v) is 3.61. The first-order valence-corrected chi connectivity index (χ1v) is 4.05. The van der Waals surface area contributed by atoms with Crippen molar-refractivity contribution in [1.29, 1.82) is 0 Å². The normalized spacial score (nSPS) is 42.4. The lowest BCUT2D eigenvalue weighted by molar-refractivity contribution is -0.140. The van der Waals surface area contributed by atoms with Crippen LogP contribution in [0.2, 0.25) is 0 Å². The summed E-state index contributed by atoms with van der Waals surface area (Å²) in [5, 5.41) is 8.72. The molecule has 2 rings (SSSR count). The summed E-state index contributed by atoms with van der Waals surface area (Å²) < 4.78 is 5.26. The summed E-state index contributed by atoms with van der Waals surface area (Å²) in [5.41, 5.74) is 0.0457. The Morgan fingerprint density at radius 3 is 2.91 bits per heavy atom. The van der Waals surface area contributed by atoms with E-state index in [4.69, 9.17) is 9.84 Å². The van der Waals surface area contributed by atoms with Gasteiger partial charge in [0.25, 0.3) is 0 Å². The van der Waals surface area contributed by atoms with Crippen molar-refractivity contribution in [2.75, 3.05) is 13.2 Å². The Morgan fingerprint density at radius 1 is 1.64 bits per heavy atom. The minimum atomic E-state index is -0.643. The van der Waals surface area contributed by atoms with Gasteiger partial charge in [-0.05, 0) is 19.3 Å². The largest absolute Gasteiger partial charge is 0.481 e. The third kappa shape index (κ3) is 1.03. The average Bonchev–Trinajstić information content (AvgIpc) is 2.66. The lowest BCUT2D eigenvalue weighted by Gasteiger charge is -2.21. The van der Waals surface area contributed by atoms with Crippen LogP contribution in [-0.4, -0.2) is 24.3 Å². The molecular weight excluding hydrogens is 144 g/mol. The highest BCUT2D eigenvalue weighted by molar-refractivity contribution is 5.74. The Labute approximate surface area is 65.4 Å². The van der Waals surface area contributed by atoms with Gasteiger partial charge >= 0.3 is 5.97 Å². The van der Waals surface area contributed by atoms with E-state index in [1.54, 1.807) is 0 Å². The highest BCUT2D eigenvalue weighted by Crippen LogP contribution is 2.57. The molecule has 1 saturated carbocycles. The molecule has 0 aromatic carbocycles. The summed E-state index contributed by atoms with van der Waals surface area (Å²) in [5.74, 6) is -0.752. The van der Waals surface area contributed by atoms with Crippen LogP contribution in [0.4, 0.5) is 0 Å². The van der Waals surface area contributed by atoms with Gasteiger partial charge < -0.3 is 9.84 Å². The van der Waals surface area contributed by atoms with Gasteiger partial charge in [0, 0.05) is 12.0 Å². The molecule has 3 heteroatoms. The zero-order valence-corrected chi connectivity index (χ0v) is 6.38. The summed E-state index contributed by atoms with van der Waals surface area (Å²) >= 11 is 0. The first-order chi connectivity index (χ1) is 5.25. The third-order valence-electron chi connectivity index (χ3n) is 2.84. The Balaban J connectivity index is 1.99. The Morgan fingerprint density at radius 2 is 2.45 bits per heavy atom. The SMILES string of the molecule is O=C(O)C1CC12CCCOC2. The maximum atomic E-state index is 10.6. The minimum absolute atomic E-state index is 0.0457. The summed E-state index contributed by atoms with van der Waals surface area (Å²) in [6, 6.07) is 0. The van der Waals surface area contributed by atoms with Crippen LogP contribution in [0, 0.1) is 11.3 Å². The van der Waals surface area contributed by atoms with Gasteiger partial charge in [-0.15, -0.1) is 0 Å². The summed E-state index contributed by atoms with van der Waals surface area (Å²) in [6.45, 7) is 1.48. The Hall–Kier alpha value is -0.570. The van der Waals surface area contributed by atoms with Gasteiger partial charge in [-0.3, -0.25) is 4.79 Å². The van der Waals surface area contributed by atoms with Crippen LogP contribution in [0.15, 0.2) is 0 Å². The number of ether oxygens (including phenoxy) is 1. The molecule has 0 radical (unpaired) electrons. The van der Waals surface area contributed by atoms with Gasteiger partial charge in [0.05, 0.1) is 12.5 Å². The van der Waals surface area contributed by atoms with E-state index in [1.807, 2.05) is 0 Å². The van der Waals surface area contributed by atoms with Crippen molar-refractivity contribution in [3.8, 4) is 0 Å². The van der Waals surface area contributed by atoms with Crippen molar-refractivity contribution in [2.24, 2.45) is 11.3 Å². The lowest BCUT2D eigenvalue weighted by Crippen LogP contribution is -2.22. The van der Waals surface area contributed by atoms with Crippen molar-refractivity contribution >= 4 is 5.97 Å². The predicted octanol–water partition coefficient (Wildman–Crippen LogP) is 0.888. The Bertz CT molecular complexity index is 182. The van der Waals surface area contributed by atoms with E-state index in [-0.39, 0.29) is 11.3 Å². The predicted molar refractivity (Wildman–Crippen MR) is 38.2 cm³/mol. The van der Waals surface area contributed by atoms with Crippen molar-refractivity contribution in [2.45, 2.75) is 19.3 Å². The van der Waals surface area contributed by atoms with Crippen LogP contribution in [-0.2, 0) is 9.53 Å². The van der Waals surface area contributed by atoms with Crippen LogP contribution >= 0.6 is 0 Å². The first kappa shape index (κ1) is 7.10. The number of aliphatic carboxylic acids is 1. The molecule has 0 amide bonds. The number of carboxylic acid groups (broad SMARTS) is 1. The molecular formula is C8H12O3. The second-order valence-electron chi connectivity index (χ2n) is 3.61. The quantitative estimate of drug-likeness (QED) is 0.613. The van der Waals surface area contributed by atoms with Gasteiger partial charge in [0.15, 0.2) is 0 Å². The molecule has 1 saturated heterocycles. The standard InChI is InChI=1S/C8H12O3/c9-7(10)6-4-8(6)2-1-3-11-5-8/h6H,1-5H2,(H,9,10). The van der Waals surface area contributed by atoms with Crippen LogP contribution < -0.4 is 0 Å². The maximum Gasteiger partial charge on any atom is 0.307 e.